The number of carbonyl (C=O) groups excluding carboxylic acids is 2. The third-order valence-corrected chi connectivity index (χ3v) is 5.93. The monoisotopic (exact) mass is 407 g/mol. The summed E-state index contributed by atoms with van der Waals surface area (Å²) in [7, 11) is 1.57. The van der Waals surface area contributed by atoms with E-state index in [1.165, 1.54) is 11.3 Å². The normalized spacial score (nSPS) is 16.2. The summed E-state index contributed by atoms with van der Waals surface area (Å²) in [6.07, 6.45) is 0. The Labute approximate surface area is 167 Å². The molecule has 1 aromatic carbocycles. The van der Waals surface area contributed by atoms with Crippen LogP contribution in [0.15, 0.2) is 30.3 Å². The number of nitrogens with zero attached hydrogens (tertiary/aromatic N) is 2. The number of aryl methyl sites for hydroxylation is 1. The Hall–Kier alpha value is -2.09. The molecule has 0 unspecified atom stereocenters. The summed E-state index contributed by atoms with van der Waals surface area (Å²) in [6.45, 7) is 4.13. The van der Waals surface area contributed by atoms with E-state index in [9.17, 15) is 9.59 Å². The number of methoxy groups -OCH3 is 1. The molecule has 2 aromatic rings. The van der Waals surface area contributed by atoms with Crippen LogP contribution in [0.5, 0.6) is 5.75 Å². The first-order valence-corrected chi connectivity index (χ1v) is 9.82. The molecule has 1 fully saturated rings. The molecule has 0 aliphatic carbocycles. The lowest BCUT2D eigenvalue weighted by Crippen LogP contribution is -2.51. The topological polar surface area (TPSA) is 75.9 Å². The van der Waals surface area contributed by atoms with Crippen molar-refractivity contribution in [3.8, 4) is 5.75 Å². The number of carbonyl (C=O) groups is 2. The molecule has 1 aliphatic heterocycles. The lowest BCUT2D eigenvalue weighted by Gasteiger charge is -2.38. The van der Waals surface area contributed by atoms with E-state index in [-0.39, 0.29) is 5.91 Å². The van der Waals surface area contributed by atoms with Crippen molar-refractivity contribution < 1.29 is 14.3 Å². The smallest absolute Gasteiger partial charge is 0.267 e. The highest BCUT2D eigenvalue weighted by Crippen LogP contribution is 2.31. The molecular weight excluding hydrogens is 386 g/mol. The molecule has 0 radical (unpaired) electrons. The lowest BCUT2D eigenvalue weighted by atomic mass is 10.0. The summed E-state index contributed by atoms with van der Waals surface area (Å²) in [5, 5.41) is 0.609. The molecule has 1 saturated heterocycles. The fourth-order valence-corrected chi connectivity index (χ4v) is 4.39. The fourth-order valence-electron chi connectivity index (χ4n) is 3.32. The molecule has 6 nitrogen and oxygen atoms in total. The lowest BCUT2D eigenvalue weighted by molar-refractivity contribution is -0.124. The average Bonchev–Trinajstić information content (AvgIpc) is 3.04. The van der Waals surface area contributed by atoms with Gasteiger partial charge in [0.15, 0.2) is 0 Å². The average molecular weight is 408 g/mol. The largest absolute Gasteiger partial charge is 0.495 e. The molecule has 3 rings (SSSR count). The van der Waals surface area contributed by atoms with E-state index in [4.69, 9.17) is 22.1 Å². The standard InChI is InChI=1S/C19H22ClN3O3S/c1-12-11-15(26-2)17(27-12)19(25)23-9-7-22(8-10-23)16(18(21)24)13-3-5-14(20)6-4-13/h3-6,11,16H,7-10H2,1-2H3,(H2,21,24)/t16-/m0/s1. The van der Waals surface area contributed by atoms with Crippen LogP contribution in [0.2, 0.25) is 5.02 Å². The van der Waals surface area contributed by atoms with Crippen LogP contribution in [-0.2, 0) is 4.79 Å². The van der Waals surface area contributed by atoms with Crippen molar-refractivity contribution in [2.75, 3.05) is 33.3 Å². The zero-order chi connectivity index (χ0) is 19.6. The minimum atomic E-state index is -0.530. The maximum atomic E-state index is 12.8. The van der Waals surface area contributed by atoms with Gasteiger partial charge >= 0.3 is 0 Å². The van der Waals surface area contributed by atoms with Gasteiger partial charge < -0.3 is 15.4 Å². The number of benzene rings is 1. The van der Waals surface area contributed by atoms with E-state index in [0.717, 1.165) is 10.4 Å². The van der Waals surface area contributed by atoms with Crippen molar-refractivity contribution >= 4 is 34.8 Å². The summed E-state index contributed by atoms with van der Waals surface area (Å²) in [5.74, 6) is 0.167. The zero-order valence-electron chi connectivity index (χ0n) is 15.3. The summed E-state index contributed by atoms with van der Waals surface area (Å²) in [6, 6.07) is 8.47. The van der Waals surface area contributed by atoms with E-state index in [1.54, 1.807) is 24.1 Å². The highest BCUT2D eigenvalue weighted by atomic mass is 35.5. The minimum Gasteiger partial charge on any atom is -0.495 e. The molecule has 144 valence electrons. The van der Waals surface area contributed by atoms with Crippen LogP contribution in [0, 0.1) is 6.92 Å². The van der Waals surface area contributed by atoms with Crippen LogP contribution in [0.1, 0.15) is 26.2 Å². The van der Waals surface area contributed by atoms with Gasteiger partial charge in [0.25, 0.3) is 5.91 Å². The Kier molecular flexibility index (Phi) is 6.04. The van der Waals surface area contributed by atoms with Crippen molar-refractivity contribution in [3.05, 3.63) is 50.7 Å². The number of halogens is 1. The molecule has 1 atom stereocenters. The number of hydrogen-bond acceptors (Lipinski definition) is 5. The van der Waals surface area contributed by atoms with E-state index in [1.807, 2.05) is 30.0 Å². The number of rotatable bonds is 5. The molecule has 2 amide bonds. The van der Waals surface area contributed by atoms with Crippen LogP contribution in [-0.4, -0.2) is 54.9 Å². The number of ether oxygens (including phenoxy) is 1. The third kappa shape index (κ3) is 4.26. The van der Waals surface area contributed by atoms with Crippen molar-refractivity contribution in [2.45, 2.75) is 13.0 Å². The quantitative estimate of drug-likeness (QED) is 0.826. The Morgan fingerprint density at radius 1 is 1.19 bits per heavy atom. The van der Waals surface area contributed by atoms with Crippen LogP contribution in [0.4, 0.5) is 0 Å². The number of nitrogens with two attached hydrogens (primary N) is 1. The van der Waals surface area contributed by atoms with Gasteiger partial charge in [0.2, 0.25) is 5.91 Å². The fraction of sp³-hybridized carbons (Fsp3) is 0.368. The summed E-state index contributed by atoms with van der Waals surface area (Å²) >= 11 is 7.37. The second-order valence-electron chi connectivity index (χ2n) is 6.44. The van der Waals surface area contributed by atoms with Gasteiger partial charge in [0.05, 0.1) is 7.11 Å². The molecule has 0 spiro atoms. The van der Waals surface area contributed by atoms with E-state index in [0.29, 0.717) is 41.8 Å². The SMILES string of the molecule is COc1cc(C)sc1C(=O)N1CCN([C@H](C(N)=O)c2ccc(Cl)cc2)CC1. The molecule has 27 heavy (non-hydrogen) atoms. The number of thiophene rings is 1. The van der Waals surface area contributed by atoms with E-state index < -0.39 is 11.9 Å². The summed E-state index contributed by atoms with van der Waals surface area (Å²) in [5.41, 5.74) is 6.46. The minimum absolute atomic E-state index is 0.0354. The second-order valence-corrected chi connectivity index (χ2v) is 8.13. The van der Waals surface area contributed by atoms with Crippen molar-refractivity contribution in [3.63, 3.8) is 0 Å². The summed E-state index contributed by atoms with van der Waals surface area (Å²) < 4.78 is 5.32. The molecular formula is C19H22ClN3O3S. The maximum absolute atomic E-state index is 12.8. The second kappa shape index (κ2) is 8.29. The van der Waals surface area contributed by atoms with Gasteiger partial charge in [0.1, 0.15) is 16.7 Å². The number of hydrogen-bond donors (Lipinski definition) is 1. The molecule has 0 bridgehead atoms. The van der Waals surface area contributed by atoms with Crippen molar-refractivity contribution in [1.29, 1.82) is 0 Å². The van der Waals surface area contributed by atoms with Crippen LogP contribution in [0.3, 0.4) is 0 Å². The molecule has 2 heterocycles. The third-order valence-electron chi connectivity index (χ3n) is 4.66. The highest BCUT2D eigenvalue weighted by molar-refractivity contribution is 7.14. The zero-order valence-corrected chi connectivity index (χ0v) is 16.8. The molecule has 0 saturated carbocycles. The van der Waals surface area contributed by atoms with Crippen molar-refractivity contribution in [1.82, 2.24) is 9.80 Å². The van der Waals surface area contributed by atoms with Gasteiger partial charge in [-0.25, -0.2) is 0 Å². The van der Waals surface area contributed by atoms with Crippen LogP contribution >= 0.6 is 22.9 Å². The molecule has 8 heteroatoms. The molecule has 1 aliphatic rings. The van der Waals surface area contributed by atoms with E-state index in [2.05, 4.69) is 0 Å². The molecule has 1 aromatic heterocycles. The van der Waals surface area contributed by atoms with Crippen LogP contribution in [0.25, 0.3) is 0 Å². The Balaban J connectivity index is 1.70. The van der Waals surface area contributed by atoms with Gasteiger partial charge in [0, 0.05) is 36.1 Å². The first kappa shape index (κ1) is 19.7. The maximum Gasteiger partial charge on any atom is 0.267 e. The Bertz CT molecular complexity index is 829. The first-order chi connectivity index (χ1) is 12.9. The number of amides is 2. The highest BCUT2D eigenvalue weighted by Gasteiger charge is 2.31. The van der Waals surface area contributed by atoms with Gasteiger partial charge in [-0.05, 0) is 30.7 Å². The Morgan fingerprint density at radius 3 is 2.37 bits per heavy atom. The predicted molar refractivity (Wildman–Crippen MR) is 106 cm³/mol. The first-order valence-electron chi connectivity index (χ1n) is 8.63. The predicted octanol–water partition coefficient (Wildman–Crippen LogP) is 2.70. The molecule has 2 N–H and O–H groups in total. The van der Waals surface area contributed by atoms with Crippen LogP contribution < -0.4 is 10.5 Å². The van der Waals surface area contributed by atoms with Crippen molar-refractivity contribution in [2.24, 2.45) is 5.73 Å². The van der Waals surface area contributed by atoms with Gasteiger partial charge in [-0.2, -0.15) is 0 Å². The Morgan fingerprint density at radius 2 is 1.81 bits per heavy atom. The number of piperazine rings is 1. The van der Waals surface area contributed by atoms with Gasteiger partial charge in [-0.3, -0.25) is 14.5 Å². The number of primary amides is 1. The summed E-state index contributed by atoms with van der Waals surface area (Å²) in [4.78, 5) is 30.4. The van der Waals surface area contributed by atoms with E-state index >= 15 is 0 Å². The van der Waals surface area contributed by atoms with Gasteiger partial charge in [-0.1, -0.05) is 23.7 Å². The van der Waals surface area contributed by atoms with Gasteiger partial charge in [-0.15, -0.1) is 11.3 Å².